The van der Waals surface area contributed by atoms with E-state index in [4.69, 9.17) is 4.74 Å². The third-order valence-corrected chi connectivity index (χ3v) is 5.53. The molecule has 1 spiro atoms. The van der Waals surface area contributed by atoms with Gasteiger partial charge in [-0.15, -0.1) is 0 Å². The lowest BCUT2D eigenvalue weighted by Gasteiger charge is -2.54. The van der Waals surface area contributed by atoms with Crippen molar-refractivity contribution in [2.75, 3.05) is 26.2 Å². The number of aryl methyl sites for hydroxylation is 1. The van der Waals surface area contributed by atoms with Gasteiger partial charge in [-0.1, -0.05) is 12.1 Å². The van der Waals surface area contributed by atoms with Crippen LogP contribution in [0.1, 0.15) is 55.1 Å². The molecule has 0 unspecified atom stereocenters. The van der Waals surface area contributed by atoms with E-state index in [0.29, 0.717) is 11.0 Å². The lowest BCUT2D eigenvalue weighted by molar-refractivity contribution is -0.0550. The molecule has 1 N–H and O–H groups in total. The van der Waals surface area contributed by atoms with E-state index in [9.17, 15) is 14.7 Å². The highest BCUT2D eigenvalue weighted by Gasteiger charge is 2.45. The summed E-state index contributed by atoms with van der Waals surface area (Å²) >= 11 is 0. The summed E-state index contributed by atoms with van der Waals surface area (Å²) in [6, 6.07) is 5.68. The fourth-order valence-corrected chi connectivity index (χ4v) is 4.08. The Morgan fingerprint density at radius 1 is 1.19 bits per heavy atom. The highest BCUT2D eigenvalue weighted by atomic mass is 16.6. The fourth-order valence-electron chi connectivity index (χ4n) is 4.08. The average Bonchev–Trinajstić information content (AvgIpc) is 2.54. The van der Waals surface area contributed by atoms with E-state index in [-0.39, 0.29) is 6.09 Å². The van der Waals surface area contributed by atoms with Gasteiger partial charge in [0.2, 0.25) is 0 Å². The number of piperidine rings is 1. The van der Waals surface area contributed by atoms with Gasteiger partial charge in [-0.3, -0.25) is 4.90 Å². The molecule has 6 heteroatoms. The van der Waals surface area contributed by atoms with Crippen LogP contribution in [0, 0.1) is 12.3 Å². The van der Waals surface area contributed by atoms with E-state index in [2.05, 4.69) is 4.90 Å². The first-order valence-corrected chi connectivity index (χ1v) is 9.60. The topological polar surface area (TPSA) is 70.1 Å². The maximum absolute atomic E-state index is 12.2. The van der Waals surface area contributed by atoms with Gasteiger partial charge in [-0.2, -0.15) is 0 Å². The molecule has 2 heterocycles. The number of carbonyl (C=O) groups is 2. The minimum absolute atomic E-state index is 0.214. The van der Waals surface area contributed by atoms with Gasteiger partial charge in [-0.05, 0) is 63.1 Å². The average molecular weight is 374 g/mol. The van der Waals surface area contributed by atoms with E-state index < -0.39 is 11.6 Å². The summed E-state index contributed by atoms with van der Waals surface area (Å²) in [5, 5.41) is 9.28. The molecule has 2 aliphatic rings. The number of amides is 1. The zero-order chi connectivity index (χ0) is 19.8. The Labute approximate surface area is 161 Å². The number of aromatic carboxylic acids is 1. The Balaban J connectivity index is 1.50. The zero-order valence-electron chi connectivity index (χ0n) is 16.7. The van der Waals surface area contributed by atoms with E-state index in [0.717, 1.165) is 56.7 Å². The predicted octanol–water partition coefficient (Wildman–Crippen LogP) is 3.53. The maximum atomic E-state index is 12.2. The standard InChI is InChI=1S/C21H30N2O4/c1-15-5-6-16(11-17(15)18(24)25)12-22-13-21(14-22)7-9-23(10-8-21)19(26)27-20(2,3)4/h5-6,11H,7-10,12-14H2,1-4H3,(H,24,25). The molecule has 0 radical (unpaired) electrons. The Morgan fingerprint density at radius 3 is 2.37 bits per heavy atom. The van der Waals surface area contributed by atoms with Gasteiger partial charge in [-0.25, -0.2) is 9.59 Å². The van der Waals surface area contributed by atoms with Crippen LogP contribution >= 0.6 is 0 Å². The first-order valence-electron chi connectivity index (χ1n) is 9.60. The molecule has 0 saturated carbocycles. The number of hydrogen-bond acceptors (Lipinski definition) is 4. The smallest absolute Gasteiger partial charge is 0.410 e. The predicted molar refractivity (Wildman–Crippen MR) is 103 cm³/mol. The molecule has 0 atom stereocenters. The highest BCUT2D eigenvalue weighted by molar-refractivity contribution is 5.89. The molecular weight excluding hydrogens is 344 g/mol. The minimum atomic E-state index is -0.871. The largest absolute Gasteiger partial charge is 0.478 e. The second-order valence-corrected chi connectivity index (χ2v) is 9.07. The van der Waals surface area contributed by atoms with Gasteiger partial charge in [0.25, 0.3) is 0 Å². The first-order chi connectivity index (χ1) is 12.6. The van der Waals surface area contributed by atoms with E-state index in [1.165, 1.54) is 0 Å². The number of benzene rings is 1. The minimum Gasteiger partial charge on any atom is -0.478 e. The monoisotopic (exact) mass is 374 g/mol. The summed E-state index contributed by atoms with van der Waals surface area (Å²) < 4.78 is 5.47. The summed E-state index contributed by atoms with van der Waals surface area (Å²) in [4.78, 5) is 27.7. The molecule has 1 amide bonds. The van der Waals surface area contributed by atoms with Crippen molar-refractivity contribution < 1.29 is 19.4 Å². The Kier molecular flexibility index (Phi) is 5.21. The van der Waals surface area contributed by atoms with Crippen molar-refractivity contribution in [2.24, 2.45) is 5.41 Å². The lowest BCUT2D eigenvalue weighted by atomic mass is 9.72. The second-order valence-electron chi connectivity index (χ2n) is 9.07. The van der Waals surface area contributed by atoms with Crippen LogP contribution in [0.3, 0.4) is 0 Å². The van der Waals surface area contributed by atoms with Crippen molar-refractivity contribution >= 4 is 12.1 Å². The van der Waals surface area contributed by atoms with Gasteiger partial charge in [0, 0.05) is 32.7 Å². The summed E-state index contributed by atoms with van der Waals surface area (Å²) in [5.41, 5.74) is 2.05. The van der Waals surface area contributed by atoms with E-state index in [1.54, 1.807) is 6.07 Å². The van der Waals surface area contributed by atoms with Crippen molar-refractivity contribution in [1.82, 2.24) is 9.80 Å². The normalized spacial score (nSPS) is 19.6. The molecular formula is C21H30N2O4. The van der Waals surface area contributed by atoms with Gasteiger partial charge >= 0.3 is 12.1 Å². The van der Waals surface area contributed by atoms with E-state index in [1.807, 2.05) is 44.7 Å². The maximum Gasteiger partial charge on any atom is 0.410 e. The highest BCUT2D eigenvalue weighted by Crippen LogP contribution is 2.41. The van der Waals surface area contributed by atoms with Gasteiger partial charge < -0.3 is 14.7 Å². The molecule has 2 aliphatic heterocycles. The van der Waals surface area contributed by atoms with Crippen LogP contribution in [0.4, 0.5) is 4.79 Å². The number of ether oxygens (including phenoxy) is 1. The van der Waals surface area contributed by atoms with Crippen LogP contribution < -0.4 is 0 Å². The number of likely N-dealkylation sites (tertiary alicyclic amines) is 2. The molecule has 2 fully saturated rings. The molecule has 0 bridgehead atoms. The van der Waals surface area contributed by atoms with Crippen LogP contribution in [0.15, 0.2) is 18.2 Å². The fraction of sp³-hybridized carbons (Fsp3) is 0.619. The van der Waals surface area contributed by atoms with Gasteiger partial charge in [0.05, 0.1) is 5.56 Å². The van der Waals surface area contributed by atoms with Crippen LogP contribution in [-0.4, -0.2) is 58.7 Å². The van der Waals surface area contributed by atoms with Gasteiger partial charge in [0.15, 0.2) is 0 Å². The summed E-state index contributed by atoms with van der Waals surface area (Å²) in [6.45, 7) is 11.8. The third kappa shape index (κ3) is 4.61. The number of nitrogens with zero attached hydrogens (tertiary/aromatic N) is 2. The number of carboxylic acids is 1. The lowest BCUT2D eigenvalue weighted by Crippen LogP contribution is -2.60. The summed E-state index contributed by atoms with van der Waals surface area (Å²) in [5.74, 6) is -0.871. The Morgan fingerprint density at radius 2 is 1.81 bits per heavy atom. The second kappa shape index (κ2) is 7.15. The van der Waals surface area contributed by atoms with Crippen molar-refractivity contribution in [3.8, 4) is 0 Å². The zero-order valence-corrected chi connectivity index (χ0v) is 16.7. The Bertz CT molecular complexity index is 722. The van der Waals surface area contributed by atoms with Crippen LogP contribution in [-0.2, 0) is 11.3 Å². The molecule has 0 aliphatic carbocycles. The first kappa shape index (κ1) is 19.7. The number of carboxylic acid groups (broad SMARTS) is 1. The summed E-state index contributed by atoms with van der Waals surface area (Å²) in [7, 11) is 0. The Hall–Kier alpha value is -2.08. The molecule has 6 nitrogen and oxygen atoms in total. The van der Waals surface area contributed by atoms with Crippen molar-refractivity contribution in [2.45, 2.75) is 52.7 Å². The summed E-state index contributed by atoms with van der Waals surface area (Å²) in [6.07, 6.45) is 1.78. The quantitative estimate of drug-likeness (QED) is 0.876. The molecule has 2 saturated heterocycles. The van der Waals surface area contributed by atoms with Crippen LogP contribution in [0.25, 0.3) is 0 Å². The molecule has 0 aromatic heterocycles. The van der Waals surface area contributed by atoms with E-state index >= 15 is 0 Å². The third-order valence-electron chi connectivity index (χ3n) is 5.53. The molecule has 1 aromatic carbocycles. The number of carbonyl (C=O) groups excluding carboxylic acids is 1. The van der Waals surface area contributed by atoms with Crippen molar-refractivity contribution in [3.63, 3.8) is 0 Å². The number of hydrogen-bond donors (Lipinski definition) is 1. The molecule has 1 aromatic rings. The van der Waals surface area contributed by atoms with Crippen molar-refractivity contribution in [3.05, 3.63) is 34.9 Å². The molecule has 148 valence electrons. The SMILES string of the molecule is Cc1ccc(CN2CC3(CCN(C(=O)OC(C)(C)C)CC3)C2)cc1C(=O)O. The van der Waals surface area contributed by atoms with Gasteiger partial charge in [0.1, 0.15) is 5.60 Å². The van der Waals surface area contributed by atoms with Crippen molar-refractivity contribution in [1.29, 1.82) is 0 Å². The number of rotatable bonds is 3. The van der Waals surface area contributed by atoms with Crippen LogP contribution in [0.2, 0.25) is 0 Å². The molecule has 27 heavy (non-hydrogen) atoms. The van der Waals surface area contributed by atoms with Crippen LogP contribution in [0.5, 0.6) is 0 Å². The molecule has 3 rings (SSSR count).